The predicted molar refractivity (Wildman–Crippen MR) is 95.9 cm³/mol. The third-order valence-corrected chi connectivity index (χ3v) is 4.96. The zero-order valence-corrected chi connectivity index (χ0v) is 14.2. The van der Waals surface area contributed by atoms with E-state index < -0.39 is 0 Å². The standard InChI is InChI=1S/C18H16N8/c1-25-10-14(9-23-25)15-11-26-16(2-3-22-26)17(24-15)13-7-20-18(21-8-13)4-12(5-18)6-19/h2-3,7-12,20H,4-5H2,1H3. The van der Waals surface area contributed by atoms with Crippen molar-refractivity contribution in [3.63, 3.8) is 0 Å². The molecular formula is C18H16N8. The van der Waals surface area contributed by atoms with E-state index in [2.05, 4.69) is 26.6 Å². The van der Waals surface area contributed by atoms with Crippen LogP contribution in [-0.2, 0) is 7.05 Å². The van der Waals surface area contributed by atoms with Crippen LogP contribution >= 0.6 is 0 Å². The van der Waals surface area contributed by atoms with Crippen molar-refractivity contribution in [2.24, 2.45) is 18.0 Å². The van der Waals surface area contributed by atoms with Gasteiger partial charge < -0.3 is 5.32 Å². The summed E-state index contributed by atoms with van der Waals surface area (Å²) in [6.07, 6.45) is 12.7. The van der Waals surface area contributed by atoms with Crippen molar-refractivity contribution >= 4 is 17.3 Å². The van der Waals surface area contributed by atoms with Gasteiger partial charge in [-0.1, -0.05) is 0 Å². The summed E-state index contributed by atoms with van der Waals surface area (Å²) in [5.41, 5.74) is 4.03. The molecular weight excluding hydrogens is 328 g/mol. The number of fused-ring (bicyclic) bond motifs is 1. The third kappa shape index (κ3) is 2.21. The Bertz CT molecular complexity index is 1100. The van der Waals surface area contributed by atoms with Crippen LogP contribution in [0.2, 0.25) is 0 Å². The van der Waals surface area contributed by atoms with Crippen LogP contribution in [0.5, 0.6) is 0 Å². The number of aryl methyl sites for hydroxylation is 1. The van der Waals surface area contributed by atoms with Gasteiger partial charge in [0.2, 0.25) is 0 Å². The van der Waals surface area contributed by atoms with Gasteiger partial charge in [0.05, 0.1) is 47.5 Å². The van der Waals surface area contributed by atoms with Crippen LogP contribution in [-0.4, -0.2) is 36.3 Å². The number of hydrogen-bond donors (Lipinski definition) is 1. The minimum Gasteiger partial charge on any atom is -0.367 e. The Morgan fingerprint density at radius 3 is 2.88 bits per heavy atom. The Balaban J connectivity index is 1.54. The number of allylic oxidation sites excluding steroid dienone is 1. The summed E-state index contributed by atoms with van der Waals surface area (Å²) in [6.45, 7) is 0. The second-order valence-corrected chi connectivity index (χ2v) is 6.81. The molecule has 0 bridgehead atoms. The molecule has 0 saturated heterocycles. The lowest BCUT2D eigenvalue weighted by Gasteiger charge is -2.43. The molecule has 26 heavy (non-hydrogen) atoms. The molecule has 8 heteroatoms. The summed E-state index contributed by atoms with van der Waals surface area (Å²) in [5.74, 6) is 0.0863. The van der Waals surface area contributed by atoms with Crippen molar-refractivity contribution in [3.8, 4) is 17.3 Å². The van der Waals surface area contributed by atoms with Gasteiger partial charge in [-0.2, -0.15) is 15.5 Å². The molecule has 3 aromatic heterocycles. The minimum atomic E-state index is -0.318. The Labute approximate surface area is 149 Å². The van der Waals surface area contributed by atoms with Gasteiger partial charge >= 0.3 is 0 Å². The van der Waals surface area contributed by atoms with Gasteiger partial charge in [-0.15, -0.1) is 0 Å². The number of aromatic nitrogens is 5. The molecule has 0 unspecified atom stereocenters. The molecule has 128 valence electrons. The molecule has 3 aromatic rings. The van der Waals surface area contributed by atoms with E-state index in [1.54, 1.807) is 17.1 Å². The fourth-order valence-corrected chi connectivity index (χ4v) is 3.51. The van der Waals surface area contributed by atoms with Crippen LogP contribution in [0.3, 0.4) is 0 Å². The van der Waals surface area contributed by atoms with Crippen LogP contribution in [0, 0.1) is 17.2 Å². The fourth-order valence-electron chi connectivity index (χ4n) is 3.51. The quantitative estimate of drug-likeness (QED) is 0.764. The maximum absolute atomic E-state index is 8.99. The lowest BCUT2D eigenvalue weighted by Crippen LogP contribution is -2.52. The van der Waals surface area contributed by atoms with Crippen molar-refractivity contribution in [1.82, 2.24) is 29.7 Å². The molecule has 1 aliphatic carbocycles. The highest BCUT2D eigenvalue weighted by Crippen LogP contribution is 2.40. The normalized spacial score (nSPS) is 24.2. The molecule has 8 nitrogen and oxygen atoms in total. The molecule has 0 amide bonds. The first-order valence-electron chi connectivity index (χ1n) is 8.42. The van der Waals surface area contributed by atoms with Gasteiger partial charge in [0.15, 0.2) is 0 Å². The van der Waals surface area contributed by atoms with Crippen molar-refractivity contribution in [2.45, 2.75) is 18.5 Å². The monoisotopic (exact) mass is 344 g/mol. The molecule has 2 aliphatic rings. The lowest BCUT2D eigenvalue weighted by atomic mass is 9.75. The van der Waals surface area contributed by atoms with Gasteiger partial charge in [0, 0.05) is 49.6 Å². The second-order valence-electron chi connectivity index (χ2n) is 6.81. The van der Waals surface area contributed by atoms with Crippen molar-refractivity contribution in [1.29, 1.82) is 5.26 Å². The molecule has 1 aliphatic heterocycles. The highest BCUT2D eigenvalue weighted by Gasteiger charge is 2.44. The predicted octanol–water partition coefficient (Wildman–Crippen LogP) is 1.77. The van der Waals surface area contributed by atoms with Crippen LogP contribution < -0.4 is 5.32 Å². The van der Waals surface area contributed by atoms with Gasteiger partial charge in [0.25, 0.3) is 0 Å². The Morgan fingerprint density at radius 1 is 1.31 bits per heavy atom. The van der Waals surface area contributed by atoms with E-state index in [1.165, 1.54) is 0 Å². The van der Waals surface area contributed by atoms with Crippen LogP contribution in [0.15, 0.2) is 42.0 Å². The molecule has 0 aromatic carbocycles. The van der Waals surface area contributed by atoms with Gasteiger partial charge in [-0.05, 0) is 6.07 Å². The molecule has 5 rings (SSSR count). The molecule has 4 heterocycles. The maximum Gasteiger partial charge on any atom is 0.131 e. The van der Waals surface area contributed by atoms with E-state index >= 15 is 0 Å². The number of aliphatic imine (C=N–C) groups is 1. The number of hydrogen-bond acceptors (Lipinski definition) is 6. The molecule has 1 saturated carbocycles. The average molecular weight is 344 g/mol. The molecule has 1 fully saturated rings. The van der Waals surface area contributed by atoms with Gasteiger partial charge in [0.1, 0.15) is 5.66 Å². The van der Waals surface area contributed by atoms with Crippen LogP contribution in [0.25, 0.3) is 22.3 Å². The topological polar surface area (TPSA) is 96.2 Å². The number of nitrogens with zero attached hydrogens (tertiary/aromatic N) is 7. The Kier molecular flexibility index (Phi) is 3.00. The number of nitrogens with one attached hydrogen (secondary N) is 1. The highest BCUT2D eigenvalue weighted by atomic mass is 15.2. The SMILES string of the molecule is Cn1cc(-c2cn3nccc3c(C3=CNC4(CC(C#N)C4)N=C3)n2)cn1. The molecule has 0 atom stereocenters. The molecule has 1 N–H and O–H groups in total. The Morgan fingerprint density at radius 2 is 2.19 bits per heavy atom. The number of rotatable bonds is 2. The Hall–Kier alpha value is -3.47. The van der Waals surface area contributed by atoms with Crippen molar-refractivity contribution in [2.75, 3.05) is 0 Å². The molecule has 1 spiro atoms. The summed E-state index contributed by atoms with van der Waals surface area (Å²) in [4.78, 5) is 9.52. The number of nitriles is 1. The third-order valence-electron chi connectivity index (χ3n) is 4.96. The van der Waals surface area contributed by atoms with Crippen LogP contribution in [0.4, 0.5) is 0 Å². The van der Waals surface area contributed by atoms with E-state index in [0.29, 0.717) is 0 Å². The molecule has 0 radical (unpaired) electrons. The van der Waals surface area contributed by atoms with Crippen molar-refractivity contribution < 1.29 is 0 Å². The van der Waals surface area contributed by atoms with E-state index in [9.17, 15) is 0 Å². The lowest BCUT2D eigenvalue weighted by molar-refractivity contribution is 0.167. The van der Waals surface area contributed by atoms with E-state index in [1.807, 2.05) is 42.4 Å². The summed E-state index contributed by atoms with van der Waals surface area (Å²) >= 11 is 0. The first-order chi connectivity index (χ1) is 12.7. The first kappa shape index (κ1) is 14.8. The smallest absolute Gasteiger partial charge is 0.131 e. The van der Waals surface area contributed by atoms with E-state index in [0.717, 1.165) is 40.9 Å². The van der Waals surface area contributed by atoms with Gasteiger partial charge in [-0.3, -0.25) is 9.67 Å². The summed E-state index contributed by atoms with van der Waals surface area (Å²) in [6, 6.07) is 4.23. The average Bonchev–Trinajstić information content (AvgIpc) is 3.27. The zero-order valence-electron chi connectivity index (χ0n) is 14.2. The summed E-state index contributed by atoms with van der Waals surface area (Å²) in [7, 11) is 1.88. The van der Waals surface area contributed by atoms with Gasteiger partial charge in [-0.25, -0.2) is 9.50 Å². The summed E-state index contributed by atoms with van der Waals surface area (Å²) < 4.78 is 3.57. The van der Waals surface area contributed by atoms with E-state index in [4.69, 9.17) is 10.2 Å². The highest BCUT2D eigenvalue weighted by molar-refractivity contribution is 6.12. The minimum absolute atomic E-state index is 0.0863. The summed E-state index contributed by atoms with van der Waals surface area (Å²) in [5, 5.41) is 21.0. The first-order valence-corrected chi connectivity index (χ1v) is 8.42. The second kappa shape index (κ2) is 5.26. The maximum atomic E-state index is 8.99. The zero-order chi connectivity index (χ0) is 17.7. The largest absolute Gasteiger partial charge is 0.367 e. The fraction of sp³-hybridized carbons (Fsp3) is 0.278. The van der Waals surface area contributed by atoms with Crippen molar-refractivity contribution in [3.05, 3.63) is 42.7 Å². The van der Waals surface area contributed by atoms with Crippen LogP contribution in [0.1, 0.15) is 18.5 Å². The van der Waals surface area contributed by atoms with E-state index in [-0.39, 0.29) is 11.6 Å².